The summed E-state index contributed by atoms with van der Waals surface area (Å²) in [5, 5.41) is 0. The molecular formula is C11H19NO2. The van der Waals surface area contributed by atoms with Crippen LogP contribution in [-0.4, -0.2) is 13.7 Å². The van der Waals surface area contributed by atoms with Gasteiger partial charge >= 0.3 is 0 Å². The number of furan rings is 1. The zero-order valence-electron chi connectivity index (χ0n) is 9.12. The van der Waals surface area contributed by atoms with Crippen molar-refractivity contribution in [3.8, 4) is 0 Å². The summed E-state index contributed by atoms with van der Waals surface area (Å²) in [4.78, 5) is 0. The highest BCUT2D eigenvalue weighted by molar-refractivity contribution is 5.20. The molecule has 0 saturated heterocycles. The molecule has 0 bridgehead atoms. The lowest BCUT2D eigenvalue weighted by atomic mass is 9.93. The molecule has 1 aromatic rings. The summed E-state index contributed by atoms with van der Waals surface area (Å²) in [5.41, 5.74) is 7.21. The summed E-state index contributed by atoms with van der Waals surface area (Å²) in [5.74, 6) is 1.33. The number of aryl methyl sites for hydroxylation is 1. The van der Waals surface area contributed by atoms with Crippen LogP contribution < -0.4 is 5.73 Å². The molecule has 2 unspecified atom stereocenters. The number of hydrogen-bond acceptors (Lipinski definition) is 3. The standard InChI is InChI=1S/C11H19NO2/c1-8(4-6-13-3)11(12)10-5-7-14-9(10)2/h5,7-8,11H,4,6,12H2,1-3H3. The van der Waals surface area contributed by atoms with Crippen LogP contribution in [0.3, 0.4) is 0 Å². The van der Waals surface area contributed by atoms with E-state index in [1.165, 1.54) is 0 Å². The third-order valence-electron chi connectivity index (χ3n) is 2.65. The van der Waals surface area contributed by atoms with Crippen LogP contribution in [0.1, 0.15) is 30.7 Å². The molecule has 3 heteroatoms. The highest BCUT2D eigenvalue weighted by Crippen LogP contribution is 2.25. The number of nitrogens with two attached hydrogens (primary N) is 1. The van der Waals surface area contributed by atoms with Crippen LogP contribution in [0.15, 0.2) is 16.7 Å². The normalized spacial score (nSPS) is 15.4. The van der Waals surface area contributed by atoms with Gasteiger partial charge in [0.05, 0.1) is 6.26 Å². The SMILES string of the molecule is COCCC(C)C(N)c1ccoc1C. The van der Waals surface area contributed by atoms with Crippen LogP contribution >= 0.6 is 0 Å². The van der Waals surface area contributed by atoms with Crippen molar-refractivity contribution in [2.45, 2.75) is 26.3 Å². The fourth-order valence-corrected chi connectivity index (χ4v) is 1.53. The molecule has 0 radical (unpaired) electrons. The van der Waals surface area contributed by atoms with Gasteiger partial charge in [0.1, 0.15) is 5.76 Å². The Bertz CT molecular complexity index is 270. The van der Waals surface area contributed by atoms with E-state index in [4.69, 9.17) is 14.9 Å². The quantitative estimate of drug-likeness (QED) is 0.787. The van der Waals surface area contributed by atoms with Gasteiger partial charge in [-0.15, -0.1) is 0 Å². The molecule has 0 fully saturated rings. The molecule has 0 aromatic carbocycles. The largest absolute Gasteiger partial charge is 0.469 e. The second-order valence-corrected chi connectivity index (χ2v) is 3.72. The minimum Gasteiger partial charge on any atom is -0.469 e. The first-order valence-electron chi connectivity index (χ1n) is 4.95. The molecule has 3 nitrogen and oxygen atoms in total. The first-order valence-corrected chi connectivity index (χ1v) is 4.95. The van der Waals surface area contributed by atoms with Gasteiger partial charge in [-0.25, -0.2) is 0 Å². The molecule has 2 N–H and O–H groups in total. The van der Waals surface area contributed by atoms with E-state index in [0.29, 0.717) is 5.92 Å². The monoisotopic (exact) mass is 197 g/mol. The minimum absolute atomic E-state index is 0.0453. The molecular weight excluding hydrogens is 178 g/mol. The molecule has 1 heterocycles. The molecule has 0 aliphatic carbocycles. The molecule has 0 spiro atoms. The van der Waals surface area contributed by atoms with Crippen LogP contribution in [-0.2, 0) is 4.74 Å². The lowest BCUT2D eigenvalue weighted by molar-refractivity contribution is 0.174. The van der Waals surface area contributed by atoms with E-state index in [1.54, 1.807) is 13.4 Å². The summed E-state index contributed by atoms with van der Waals surface area (Å²) >= 11 is 0. The molecule has 0 aliphatic heterocycles. The molecule has 1 aromatic heterocycles. The van der Waals surface area contributed by atoms with Crippen LogP contribution in [0.5, 0.6) is 0 Å². The Morgan fingerprint density at radius 1 is 1.57 bits per heavy atom. The predicted octanol–water partition coefficient (Wildman–Crippen LogP) is 2.26. The second-order valence-electron chi connectivity index (χ2n) is 3.72. The van der Waals surface area contributed by atoms with Gasteiger partial charge in [-0.1, -0.05) is 6.92 Å². The summed E-state index contributed by atoms with van der Waals surface area (Å²) in [6.07, 6.45) is 2.66. The molecule has 0 saturated carbocycles. The van der Waals surface area contributed by atoms with Gasteiger partial charge < -0.3 is 14.9 Å². The third-order valence-corrected chi connectivity index (χ3v) is 2.65. The van der Waals surface area contributed by atoms with Gasteiger partial charge in [0, 0.05) is 25.3 Å². The van der Waals surface area contributed by atoms with Crippen LogP contribution in [0.25, 0.3) is 0 Å². The highest BCUT2D eigenvalue weighted by Gasteiger charge is 2.17. The van der Waals surface area contributed by atoms with Crippen LogP contribution in [0.4, 0.5) is 0 Å². The van der Waals surface area contributed by atoms with E-state index in [9.17, 15) is 0 Å². The van der Waals surface area contributed by atoms with Gasteiger partial charge in [0.25, 0.3) is 0 Å². The second kappa shape index (κ2) is 5.17. The van der Waals surface area contributed by atoms with E-state index in [1.807, 2.05) is 13.0 Å². The first kappa shape index (κ1) is 11.3. The summed E-state index contributed by atoms with van der Waals surface area (Å²) in [6.45, 7) is 4.83. The fraction of sp³-hybridized carbons (Fsp3) is 0.636. The summed E-state index contributed by atoms with van der Waals surface area (Å²) in [7, 11) is 1.71. The molecule has 80 valence electrons. The fourth-order valence-electron chi connectivity index (χ4n) is 1.53. The van der Waals surface area contributed by atoms with Gasteiger partial charge in [-0.05, 0) is 25.3 Å². The van der Waals surface area contributed by atoms with Crippen molar-refractivity contribution in [1.82, 2.24) is 0 Å². The van der Waals surface area contributed by atoms with E-state index in [0.717, 1.165) is 24.4 Å². The zero-order valence-corrected chi connectivity index (χ0v) is 9.12. The third kappa shape index (κ3) is 2.59. The number of rotatable bonds is 5. The first-order chi connectivity index (χ1) is 6.66. The average Bonchev–Trinajstić information content (AvgIpc) is 2.59. The Morgan fingerprint density at radius 2 is 2.29 bits per heavy atom. The van der Waals surface area contributed by atoms with E-state index >= 15 is 0 Å². The smallest absolute Gasteiger partial charge is 0.105 e. The molecule has 14 heavy (non-hydrogen) atoms. The van der Waals surface area contributed by atoms with Gasteiger partial charge in [-0.3, -0.25) is 0 Å². The van der Waals surface area contributed by atoms with Crippen molar-refractivity contribution >= 4 is 0 Å². The zero-order chi connectivity index (χ0) is 10.6. The van der Waals surface area contributed by atoms with Crippen molar-refractivity contribution in [2.24, 2.45) is 11.7 Å². The Morgan fingerprint density at radius 3 is 2.79 bits per heavy atom. The van der Waals surface area contributed by atoms with Crippen molar-refractivity contribution in [2.75, 3.05) is 13.7 Å². The number of ether oxygens (including phenoxy) is 1. The lowest BCUT2D eigenvalue weighted by Gasteiger charge is -2.18. The van der Waals surface area contributed by atoms with Crippen molar-refractivity contribution in [3.05, 3.63) is 23.7 Å². The van der Waals surface area contributed by atoms with Gasteiger partial charge in [0.15, 0.2) is 0 Å². The maximum absolute atomic E-state index is 6.11. The van der Waals surface area contributed by atoms with Gasteiger partial charge in [-0.2, -0.15) is 0 Å². The topological polar surface area (TPSA) is 48.4 Å². The Balaban J connectivity index is 2.56. The summed E-state index contributed by atoms with van der Waals surface area (Å²) < 4.78 is 10.3. The van der Waals surface area contributed by atoms with Crippen LogP contribution in [0, 0.1) is 12.8 Å². The van der Waals surface area contributed by atoms with Crippen LogP contribution in [0.2, 0.25) is 0 Å². The van der Waals surface area contributed by atoms with E-state index in [-0.39, 0.29) is 6.04 Å². The minimum atomic E-state index is 0.0453. The number of hydrogen-bond donors (Lipinski definition) is 1. The van der Waals surface area contributed by atoms with Crippen molar-refractivity contribution in [3.63, 3.8) is 0 Å². The van der Waals surface area contributed by atoms with Crippen molar-refractivity contribution in [1.29, 1.82) is 0 Å². The highest BCUT2D eigenvalue weighted by atomic mass is 16.5. The Hall–Kier alpha value is -0.800. The lowest BCUT2D eigenvalue weighted by Crippen LogP contribution is -2.20. The maximum Gasteiger partial charge on any atom is 0.105 e. The molecule has 2 atom stereocenters. The summed E-state index contributed by atoms with van der Waals surface area (Å²) in [6, 6.07) is 1.99. The maximum atomic E-state index is 6.11. The van der Waals surface area contributed by atoms with Crippen molar-refractivity contribution < 1.29 is 9.15 Å². The average molecular weight is 197 g/mol. The molecule has 1 rings (SSSR count). The molecule has 0 amide bonds. The van der Waals surface area contributed by atoms with E-state index < -0.39 is 0 Å². The van der Waals surface area contributed by atoms with Gasteiger partial charge in [0.2, 0.25) is 0 Å². The molecule has 0 aliphatic rings. The predicted molar refractivity (Wildman–Crippen MR) is 56.0 cm³/mol. The van der Waals surface area contributed by atoms with E-state index in [2.05, 4.69) is 6.92 Å². The Labute approximate surface area is 85.2 Å². The Kier molecular flexibility index (Phi) is 4.17. The number of methoxy groups -OCH3 is 1.